The van der Waals surface area contributed by atoms with Gasteiger partial charge >= 0.3 is 5.97 Å². The predicted molar refractivity (Wildman–Crippen MR) is 116 cm³/mol. The van der Waals surface area contributed by atoms with Crippen molar-refractivity contribution in [3.63, 3.8) is 0 Å². The molecule has 1 N–H and O–H groups in total. The van der Waals surface area contributed by atoms with Gasteiger partial charge < -0.3 is 10.1 Å². The number of fused-ring (bicyclic) bond motifs is 1. The molecular formula is C24H24N2O5. The quantitative estimate of drug-likeness (QED) is 0.418. The Balaban J connectivity index is 1.66. The molecule has 0 spiro atoms. The lowest BCUT2D eigenvalue weighted by Gasteiger charge is -2.14. The minimum atomic E-state index is -1.06. The van der Waals surface area contributed by atoms with Crippen LogP contribution in [-0.2, 0) is 9.53 Å². The molecule has 160 valence electrons. The summed E-state index contributed by atoms with van der Waals surface area (Å²) < 4.78 is 5.25. The average molecular weight is 420 g/mol. The first kappa shape index (κ1) is 22.0. The van der Waals surface area contributed by atoms with E-state index < -0.39 is 29.8 Å². The van der Waals surface area contributed by atoms with Crippen LogP contribution in [0.1, 0.15) is 63.3 Å². The van der Waals surface area contributed by atoms with E-state index in [4.69, 9.17) is 4.74 Å². The van der Waals surface area contributed by atoms with E-state index in [1.54, 1.807) is 12.1 Å². The molecule has 1 aliphatic heterocycles. The van der Waals surface area contributed by atoms with E-state index in [-0.39, 0.29) is 23.2 Å². The summed E-state index contributed by atoms with van der Waals surface area (Å²) in [7, 11) is 0. The fraction of sp³-hybridized carbons (Fsp3) is 0.250. The molecule has 2 aromatic rings. The molecule has 3 rings (SSSR count). The van der Waals surface area contributed by atoms with Crippen molar-refractivity contribution in [2.45, 2.75) is 32.8 Å². The van der Waals surface area contributed by atoms with E-state index in [2.05, 4.69) is 25.7 Å². The first-order valence-corrected chi connectivity index (χ1v) is 9.96. The number of esters is 1. The number of carbonyl (C=O) groups excluding carboxylic acids is 4. The number of nitrogens with zero attached hydrogens (tertiary/aromatic N) is 1. The van der Waals surface area contributed by atoms with Crippen LogP contribution in [0.15, 0.2) is 55.1 Å². The maximum absolute atomic E-state index is 12.5. The second-order valence-electron chi connectivity index (χ2n) is 7.58. The molecule has 7 nitrogen and oxygen atoms in total. The third-order valence-corrected chi connectivity index (χ3v) is 5.02. The van der Waals surface area contributed by atoms with Crippen molar-refractivity contribution in [2.24, 2.45) is 0 Å². The Morgan fingerprint density at radius 3 is 2.29 bits per heavy atom. The summed E-state index contributed by atoms with van der Waals surface area (Å²) in [6.07, 6.45) is 0.396. The van der Waals surface area contributed by atoms with Crippen LogP contribution in [0.25, 0.3) is 0 Å². The van der Waals surface area contributed by atoms with E-state index in [9.17, 15) is 19.2 Å². The largest absolute Gasteiger partial charge is 0.449 e. The molecule has 2 aromatic carbocycles. The highest BCUT2D eigenvalue weighted by molar-refractivity contribution is 6.22. The van der Waals surface area contributed by atoms with Crippen molar-refractivity contribution in [1.29, 1.82) is 0 Å². The molecule has 0 aliphatic carbocycles. The summed E-state index contributed by atoms with van der Waals surface area (Å²) in [6, 6.07) is 11.6. The lowest BCUT2D eigenvalue weighted by Crippen LogP contribution is -2.30. The topological polar surface area (TPSA) is 92.8 Å². The number of ether oxygens (including phenoxy) is 1. The molecular weight excluding hydrogens is 396 g/mol. The van der Waals surface area contributed by atoms with E-state index >= 15 is 0 Å². The molecule has 0 saturated heterocycles. The standard InChI is InChI=1S/C24H24N2O5/c1-5-12-26-22(28)19-11-8-17(13-20(19)23(26)29)24(30)31-15(4)21(27)25-18-9-6-16(7-10-18)14(2)3/h5-11,13-15H,1,12H2,2-4H3,(H,25,27)/t15-/m0/s1. The average Bonchev–Trinajstić information content (AvgIpc) is 2.98. The fourth-order valence-corrected chi connectivity index (χ4v) is 3.19. The van der Waals surface area contributed by atoms with Gasteiger partial charge in [-0.3, -0.25) is 19.3 Å². The molecule has 7 heteroatoms. The van der Waals surface area contributed by atoms with Gasteiger partial charge in [0.05, 0.1) is 16.7 Å². The molecule has 0 fully saturated rings. The molecule has 1 aliphatic rings. The Morgan fingerprint density at radius 2 is 1.68 bits per heavy atom. The minimum absolute atomic E-state index is 0.0845. The number of hydrogen-bond donors (Lipinski definition) is 1. The molecule has 31 heavy (non-hydrogen) atoms. The number of carbonyl (C=O) groups is 4. The zero-order valence-electron chi connectivity index (χ0n) is 17.7. The van der Waals surface area contributed by atoms with Gasteiger partial charge in [-0.15, -0.1) is 6.58 Å². The zero-order chi connectivity index (χ0) is 22.7. The van der Waals surface area contributed by atoms with Crippen molar-refractivity contribution in [2.75, 3.05) is 11.9 Å². The van der Waals surface area contributed by atoms with Crippen molar-refractivity contribution in [1.82, 2.24) is 4.90 Å². The molecule has 0 saturated carbocycles. The van der Waals surface area contributed by atoms with Gasteiger partial charge in [0.2, 0.25) is 0 Å². The second-order valence-corrected chi connectivity index (χ2v) is 7.58. The Morgan fingerprint density at radius 1 is 1.03 bits per heavy atom. The number of benzene rings is 2. The molecule has 3 amide bonds. The highest BCUT2D eigenvalue weighted by atomic mass is 16.5. The third kappa shape index (κ3) is 4.55. The van der Waals surface area contributed by atoms with Crippen molar-refractivity contribution >= 4 is 29.4 Å². The van der Waals surface area contributed by atoms with Crippen molar-refractivity contribution < 1.29 is 23.9 Å². The van der Waals surface area contributed by atoms with Gasteiger partial charge in [0.25, 0.3) is 17.7 Å². The van der Waals surface area contributed by atoms with Crippen LogP contribution in [0.5, 0.6) is 0 Å². The predicted octanol–water partition coefficient (Wildman–Crippen LogP) is 3.78. The van der Waals surface area contributed by atoms with Crippen LogP contribution >= 0.6 is 0 Å². The summed E-state index contributed by atoms with van der Waals surface area (Å²) >= 11 is 0. The van der Waals surface area contributed by atoms with Crippen LogP contribution in [0, 0.1) is 0 Å². The zero-order valence-corrected chi connectivity index (χ0v) is 17.7. The van der Waals surface area contributed by atoms with Crippen molar-refractivity contribution in [3.05, 3.63) is 77.4 Å². The number of amides is 3. The number of hydrogen-bond acceptors (Lipinski definition) is 5. The lowest BCUT2D eigenvalue weighted by atomic mass is 10.0. The van der Waals surface area contributed by atoms with E-state index in [0.717, 1.165) is 10.5 Å². The SMILES string of the molecule is C=CCN1C(=O)c2ccc(C(=O)O[C@@H](C)C(=O)Nc3ccc(C(C)C)cc3)cc2C1=O. The summed E-state index contributed by atoms with van der Waals surface area (Å²) in [5.41, 5.74) is 2.18. The van der Waals surface area contributed by atoms with Crippen LogP contribution in [0.4, 0.5) is 5.69 Å². The number of imide groups is 1. The first-order chi connectivity index (χ1) is 14.7. The minimum Gasteiger partial charge on any atom is -0.449 e. The van der Waals surface area contributed by atoms with Gasteiger partial charge in [-0.25, -0.2) is 4.79 Å². The van der Waals surface area contributed by atoms with Crippen LogP contribution < -0.4 is 5.32 Å². The lowest BCUT2D eigenvalue weighted by molar-refractivity contribution is -0.123. The van der Waals surface area contributed by atoms with Crippen molar-refractivity contribution in [3.8, 4) is 0 Å². The smallest absolute Gasteiger partial charge is 0.338 e. The molecule has 0 radical (unpaired) electrons. The highest BCUT2D eigenvalue weighted by Crippen LogP contribution is 2.24. The van der Waals surface area contributed by atoms with Gasteiger partial charge in [0.1, 0.15) is 0 Å². The third-order valence-electron chi connectivity index (χ3n) is 5.02. The van der Waals surface area contributed by atoms with E-state index in [1.165, 1.54) is 31.2 Å². The van der Waals surface area contributed by atoms with E-state index in [1.807, 2.05) is 12.1 Å². The van der Waals surface area contributed by atoms with Crippen LogP contribution in [0.3, 0.4) is 0 Å². The highest BCUT2D eigenvalue weighted by Gasteiger charge is 2.35. The summed E-state index contributed by atoms with van der Waals surface area (Å²) in [5.74, 6) is -1.79. The van der Waals surface area contributed by atoms with Crippen LogP contribution in [0.2, 0.25) is 0 Å². The number of anilines is 1. The monoisotopic (exact) mass is 420 g/mol. The van der Waals surface area contributed by atoms with Gasteiger partial charge in [0.15, 0.2) is 6.10 Å². The second kappa shape index (κ2) is 8.95. The Labute approximate surface area is 180 Å². The first-order valence-electron chi connectivity index (χ1n) is 9.96. The molecule has 1 heterocycles. The molecule has 0 bridgehead atoms. The summed E-state index contributed by atoms with van der Waals surface area (Å²) in [5, 5.41) is 2.71. The summed E-state index contributed by atoms with van der Waals surface area (Å²) in [6.45, 7) is 9.24. The van der Waals surface area contributed by atoms with Gasteiger partial charge in [-0.1, -0.05) is 32.1 Å². The Bertz CT molecular complexity index is 1060. The van der Waals surface area contributed by atoms with E-state index in [0.29, 0.717) is 11.6 Å². The Hall–Kier alpha value is -3.74. The maximum atomic E-state index is 12.5. The van der Waals surface area contributed by atoms with Gasteiger partial charge in [-0.05, 0) is 48.7 Å². The van der Waals surface area contributed by atoms with Gasteiger partial charge in [0, 0.05) is 12.2 Å². The molecule has 0 aromatic heterocycles. The molecule has 1 atom stereocenters. The number of rotatable bonds is 7. The van der Waals surface area contributed by atoms with Crippen LogP contribution in [-0.4, -0.2) is 41.2 Å². The molecule has 0 unspecified atom stereocenters. The maximum Gasteiger partial charge on any atom is 0.338 e. The Kier molecular flexibility index (Phi) is 6.34. The number of nitrogens with one attached hydrogen (secondary N) is 1. The van der Waals surface area contributed by atoms with Gasteiger partial charge in [-0.2, -0.15) is 0 Å². The normalized spacial score (nSPS) is 13.7. The fourth-order valence-electron chi connectivity index (χ4n) is 3.19. The summed E-state index contributed by atoms with van der Waals surface area (Å²) in [4.78, 5) is 50.6.